The predicted molar refractivity (Wildman–Crippen MR) is 143 cm³/mol. The van der Waals surface area contributed by atoms with Crippen LogP contribution in [0, 0.1) is 0 Å². The smallest absolute Gasteiger partial charge is 0.338 e. The lowest BCUT2D eigenvalue weighted by atomic mass is 10.0. The molecule has 1 N–H and O–H groups in total. The molecule has 0 spiro atoms. The average Bonchev–Trinajstić information content (AvgIpc) is 3.57. The monoisotopic (exact) mass is 515 g/mol. The molecule has 0 bridgehead atoms. The number of rotatable bonds is 7. The minimum atomic E-state index is -0.437. The summed E-state index contributed by atoms with van der Waals surface area (Å²) in [6.45, 7) is 0. The second-order valence-electron chi connectivity index (χ2n) is 8.27. The molecule has 3 heterocycles. The number of pyridine rings is 1. The van der Waals surface area contributed by atoms with Gasteiger partial charge in [0.05, 0.1) is 44.3 Å². The average molecular weight is 516 g/mol. The first-order valence-corrected chi connectivity index (χ1v) is 12.0. The largest absolute Gasteiger partial charge is 0.497 e. The van der Waals surface area contributed by atoms with Gasteiger partial charge in [-0.05, 0) is 54.7 Å². The fraction of sp³-hybridized carbons (Fsp3) is 0.179. The molecule has 0 amide bonds. The molecule has 37 heavy (non-hydrogen) atoms. The molecular formula is C28H25N3O5S. The van der Waals surface area contributed by atoms with Gasteiger partial charge in [-0.25, -0.2) is 4.79 Å². The van der Waals surface area contributed by atoms with Crippen molar-refractivity contribution in [2.45, 2.75) is 12.1 Å². The molecule has 1 aliphatic heterocycles. The van der Waals surface area contributed by atoms with Gasteiger partial charge in [0.2, 0.25) is 0 Å². The third kappa shape index (κ3) is 4.49. The topological polar surface area (TPSA) is 86.1 Å². The van der Waals surface area contributed by atoms with Crippen LogP contribution in [0.25, 0.3) is 11.3 Å². The number of benzene rings is 2. The lowest BCUT2D eigenvalue weighted by Gasteiger charge is -2.27. The van der Waals surface area contributed by atoms with E-state index in [2.05, 4.69) is 10.3 Å². The molecule has 1 aliphatic rings. The predicted octanol–water partition coefficient (Wildman–Crippen LogP) is 5.32. The van der Waals surface area contributed by atoms with E-state index in [1.807, 2.05) is 65.6 Å². The fourth-order valence-corrected chi connectivity index (χ4v) is 4.87. The minimum absolute atomic E-state index is 0.310. The number of carbonyl (C=O) groups is 1. The molecular weight excluding hydrogens is 490 g/mol. The SMILES string of the molecule is COC(=O)c1ccccc1-c1ccc([C@H]2[C@H](c3ccccn3)NC(=S)N2c2ccc(OC)cc2OC)o1. The van der Waals surface area contributed by atoms with Gasteiger partial charge in [0.15, 0.2) is 5.11 Å². The normalized spacial score (nSPS) is 16.8. The summed E-state index contributed by atoms with van der Waals surface area (Å²) >= 11 is 5.81. The van der Waals surface area contributed by atoms with E-state index < -0.39 is 12.0 Å². The van der Waals surface area contributed by atoms with Crippen molar-refractivity contribution in [2.75, 3.05) is 26.2 Å². The summed E-state index contributed by atoms with van der Waals surface area (Å²) in [5, 5.41) is 3.91. The number of furan rings is 1. The quantitative estimate of drug-likeness (QED) is 0.259. The zero-order chi connectivity index (χ0) is 25.9. The number of aromatic nitrogens is 1. The maximum Gasteiger partial charge on any atom is 0.338 e. The van der Waals surface area contributed by atoms with E-state index in [9.17, 15) is 4.79 Å². The number of hydrogen-bond acceptors (Lipinski definition) is 7. The number of ether oxygens (including phenoxy) is 3. The first kappa shape index (κ1) is 24.3. The second kappa shape index (κ2) is 10.3. The van der Waals surface area contributed by atoms with Gasteiger partial charge in [0.1, 0.15) is 29.1 Å². The van der Waals surface area contributed by atoms with E-state index in [0.717, 1.165) is 11.4 Å². The highest BCUT2D eigenvalue weighted by Gasteiger charge is 2.43. The molecule has 5 rings (SSSR count). The molecule has 2 aromatic carbocycles. The van der Waals surface area contributed by atoms with Crippen LogP contribution in [0.2, 0.25) is 0 Å². The molecule has 1 fully saturated rings. The standard InChI is InChI=1S/C28H25N3O5S/c1-33-17-11-12-21(24(16-17)34-2)31-26(25(30-28(31)37)20-10-6-7-15-29-20)23-14-13-22(36-23)18-8-4-5-9-19(18)27(32)35-3/h4-16,25-26H,1-3H3,(H,30,37)/t25-,26-/m0/s1. The van der Waals surface area contributed by atoms with Gasteiger partial charge in [0, 0.05) is 17.8 Å². The highest BCUT2D eigenvalue weighted by Crippen LogP contribution is 2.46. The maximum atomic E-state index is 12.4. The van der Waals surface area contributed by atoms with Crippen LogP contribution >= 0.6 is 12.2 Å². The van der Waals surface area contributed by atoms with E-state index in [0.29, 0.717) is 39.3 Å². The fourth-order valence-electron chi connectivity index (χ4n) is 4.53. The van der Waals surface area contributed by atoms with Gasteiger partial charge in [-0.15, -0.1) is 0 Å². The molecule has 1 saturated heterocycles. The first-order valence-electron chi connectivity index (χ1n) is 11.6. The Hall–Kier alpha value is -4.37. The van der Waals surface area contributed by atoms with Gasteiger partial charge in [-0.3, -0.25) is 4.98 Å². The van der Waals surface area contributed by atoms with Crippen molar-refractivity contribution in [1.82, 2.24) is 10.3 Å². The number of hydrogen-bond donors (Lipinski definition) is 1. The van der Waals surface area contributed by atoms with E-state index in [1.54, 1.807) is 32.5 Å². The summed E-state index contributed by atoms with van der Waals surface area (Å²) in [6.07, 6.45) is 1.74. The summed E-state index contributed by atoms with van der Waals surface area (Å²) in [5.74, 6) is 1.99. The van der Waals surface area contributed by atoms with Crippen LogP contribution in [0.5, 0.6) is 11.5 Å². The number of esters is 1. The van der Waals surface area contributed by atoms with Crippen LogP contribution in [-0.2, 0) is 4.74 Å². The molecule has 0 unspecified atom stereocenters. The third-order valence-corrected chi connectivity index (χ3v) is 6.58. The minimum Gasteiger partial charge on any atom is -0.497 e. The van der Waals surface area contributed by atoms with Crippen molar-refractivity contribution in [3.8, 4) is 22.8 Å². The molecule has 9 heteroatoms. The summed E-state index contributed by atoms with van der Waals surface area (Å²) < 4.78 is 22.5. The highest BCUT2D eigenvalue weighted by atomic mass is 32.1. The summed E-state index contributed by atoms with van der Waals surface area (Å²) in [7, 11) is 4.56. The Balaban J connectivity index is 1.63. The van der Waals surface area contributed by atoms with E-state index in [1.165, 1.54) is 7.11 Å². The maximum absolute atomic E-state index is 12.4. The van der Waals surface area contributed by atoms with Crippen LogP contribution in [0.3, 0.4) is 0 Å². The van der Waals surface area contributed by atoms with Crippen LogP contribution in [-0.4, -0.2) is 37.4 Å². The molecule has 0 radical (unpaired) electrons. The lowest BCUT2D eigenvalue weighted by molar-refractivity contribution is 0.0601. The zero-order valence-corrected chi connectivity index (χ0v) is 21.3. The van der Waals surface area contributed by atoms with E-state index >= 15 is 0 Å². The summed E-state index contributed by atoms with van der Waals surface area (Å²) in [4.78, 5) is 18.9. The zero-order valence-electron chi connectivity index (χ0n) is 20.5. The Morgan fingerprint density at radius 2 is 1.81 bits per heavy atom. The van der Waals surface area contributed by atoms with Crippen LogP contribution in [0.1, 0.15) is 33.9 Å². The second-order valence-corrected chi connectivity index (χ2v) is 8.66. The van der Waals surface area contributed by atoms with Crippen molar-refractivity contribution in [2.24, 2.45) is 0 Å². The van der Waals surface area contributed by atoms with Gasteiger partial charge in [-0.2, -0.15) is 0 Å². The first-order chi connectivity index (χ1) is 18.0. The van der Waals surface area contributed by atoms with E-state index in [4.69, 9.17) is 30.8 Å². The molecule has 4 aromatic rings. The third-order valence-electron chi connectivity index (χ3n) is 6.26. The number of nitrogens with zero attached hydrogens (tertiary/aromatic N) is 2. The number of thiocarbonyl (C=S) groups is 1. The van der Waals surface area contributed by atoms with Crippen molar-refractivity contribution in [3.05, 3.63) is 96.0 Å². The number of anilines is 1. The summed E-state index contributed by atoms with van der Waals surface area (Å²) in [5.41, 5.74) is 2.60. The Bertz CT molecular complexity index is 1440. The van der Waals surface area contributed by atoms with E-state index in [-0.39, 0.29) is 6.04 Å². The summed E-state index contributed by atoms with van der Waals surface area (Å²) in [6, 6.07) is 21.5. The van der Waals surface area contributed by atoms with Crippen LogP contribution in [0.4, 0.5) is 5.69 Å². The molecule has 0 saturated carbocycles. The van der Waals surface area contributed by atoms with Crippen molar-refractivity contribution in [1.29, 1.82) is 0 Å². The van der Waals surface area contributed by atoms with Gasteiger partial charge in [0.25, 0.3) is 0 Å². The van der Waals surface area contributed by atoms with Gasteiger partial charge >= 0.3 is 5.97 Å². The lowest BCUT2D eigenvalue weighted by Crippen LogP contribution is -2.29. The Morgan fingerprint density at radius 1 is 1.00 bits per heavy atom. The van der Waals surface area contributed by atoms with Gasteiger partial charge in [-0.1, -0.05) is 24.3 Å². The number of carbonyl (C=O) groups excluding carboxylic acids is 1. The van der Waals surface area contributed by atoms with Crippen molar-refractivity contribution >= 4 is 29.0 Å². The Labute approximate surface area is 219 Å². The highest BCUT2D eigenvalue weighted by molar-refractivity contribution is 7.80. The van der Waals surface area contributed by atoms with Crippen LogP contribution < -0.4 is 19.7 Å². The Morgan fingerprint density at radius 3 is 2.54 bits per heavy atom. The number of methoxy groups -OCH3 is 3. The van der Waals surface area contributed by atoms with Crippen molar-refractivity contribution in [3.63, 3.8) is 0 Å². The molecule has 2 aromatic heterocycles. The molecule has 2 atom stereocenters. The Kier molecular flexibility index (Phi) is 6.78. The number of nitrogens with one attached hydrogen (secondary N) is 1. The molecule has 188 valence electrons. The van der Waals surface area contributed by atoms with Crippen molar-refractivity contribution < 1.29 is 23.4 Å². The van der Waals surface area contributed by atoms with Gasteiger partial charge < -0.3 is 28.8 Å². The van der Waals surface area contributed by atoms with Crippen LogP contribution in [0.15, 0.2) is 83.4 Å². The molecule has 0 aliphatic carbocycles. The molecule has 8 nitrogen and oxygen atoms in total.